The molecule has 0 unspecified atom stereocenters. The minimum absolute atomic E-state index is 0.0715. The van der Waals surface area contributed by atoms with E-state index in [4.69, 9.17) is 4.42 Å². The lowest BCUT2D eigenvalue weighted by Crippen LogP contribution is -2.25. The molecular formula is C16H17N3O4S. The fourth-order valence-electron chi connectivity index (χ4n) is 2.39. The maximum Gasteiger partial charge on any atom is 0.419 e. The van der Waals surface area contributed by atoms with Crippen LogP contribution in [0.5, 0.6) is 0 Å². The summed E-state index contributed by atoms with van der Waals surface area (Å²) < 4.78 is 33.6. The molecule has 3 aromatic rings. The average Bonchev–Trinajstić information content (AvgIpc) is 2.87. The summed E-state index contributed by atoms with van der Waals surface area (Å²) in [5.41, 5.74) is 1.72. The highest BCUT2D eigenvalue weighted by molar-refractivity contribution is 7.89. The monoisotopic (exact) mass is 347 g/mol. The Balaban J connectivity index is 1.68. The van der Waals surface area contributed by atoms with Crippen LogP contribution in [-0.2, 0) is 23.5 Å². The first kappa shape index (κ1) is 16.4. The summed E-state index contributed by atoms with van der Waals surface area (Å²) in [6, 6.07) is 10.0. The van der Waals surface area contributed by atoms with E-state index in [9.17, 15) is 13.2 Å². The molecule has 2 aromatic heterocycles. The largest absolute Gasteiger partial charge is 0.419 e. The van der Waals surface area contributed by atoms with Gasteiger partial charge < -0.3 is 4.42 Å². The summed E-state index contributed by atoms with van der Waals surface area (Å²) in [5.74, 6) is -0.525. The number of hydrogen-bond donors (Lipinski definition) is 1. The van der Waals surface area contributed by atoms with Crippen molar-refractivity contribution in [2.45, 2.75) is 17.7 Å². The van der Waals surface area contributed by atoms with Crippen molar-refractivity contribution in [1.29, 1.82) is 0 Å². The Hall–Kier alpha value is -2.45. The van der Waals surface area contributed by atoms with Gasteiger partial charge in [0, 0.05) is 31.5 Å². The van der Waals surface area contributed by atoms with Crippen LogP contribution in [0.2, 0.25) is 0 Å². The number of sulfonamides is 1. The smallest absolute Gasteiger partial charge is 0.408 e. The van der Waals surface area contributed by atoms with Crippen LogP contribution >= 0.6 is 0 Å². The molecule has 0 aliphatic carbocycles. The Morgan fingerprint density at radius 2 is 2.08 bits per heavy atom. The first-order chi connectivity index (χ1) is 11.5. The standard InChI is InChI=1S/C16H17N3O4S/c1-19-14-8-7-13(11-15(14)23-16(19)20)24(21,22)18-10-4-6-12-5-2-3-9-17-12/h2-3,5,7-9,11,18H,4,6,10H2,1H3. The molecule has 0 saturated heterocycles. The molecule has 24 heavy (non-hydrogen) atoms. The highest BCUT2D eigenvalue weighted by Gasteiger charge is 2.16. The van der Waals surface area contributed by atoms with E-state index < -0.39 is 15.8 Å². The summed E-state index contributed by atoms with van der Waals surface area (Å²) in [4.78, 5) is 15.7. The van der Waals surface area contributed by atoms with E-state index in [0.29, 0.717) is 24.9 Å². The second-order valence-corrected chi connectivity index (χ2v) is 7.15. The number of rotatable bonds is 6. The Labute approximate surface area is 139 Å². The van der Waals surface area contributed by atoms with Gasteiger partial charge in [0.2, 0.25) is 10.0 Å². The van der Waals surface area contributed by atoms with Crippen molar-refractivity contribution in [3.63, 3.8) is 0 Å². The Morgan fingerprint density at radius 1 is 1.25 bits per heavy atom. The van der Waals surface area contributed by atoms with Crippen molar-refractivity contribution in [1.82, 2.24) is 14.3 Å². The fourth-order valence-corrected chi connectivity index (χ4v) is 3.48. The van der Waals surface area contributed by atoms with Crippen molar-refractivity contribution in [2.24, 2.45) is 7.05 Å². The number of fused-ring (bicyclic) bond motifs is 1. The molecule has 0 spiro atoms. The summed E-state index contributed by atoms with van der Waals surface area (Å²) in [6.07, 6.45) is 3.04. The third-order valence-electron chi connectivity index (χ3n) is 3.70. The maximum absolute atomic E-state index is 12.3. The van der Waals surface area contributed by atoms with Crippen LogP contribution in [0.15, 0.2) is 56.7 Å². The first-order valence-electron chi connectivity index (χ1n) is 7.46. The van der Waals surface area contributed by atoms with Crippen molar-refractivity contribution in [3.05, 3.63) is 58.8 Å². The lowest BCUT2D eigenvalue weighted by atomic mass is 10.2. The zero-order valence-corrected chi connectivity index (χ0v) is 13.9. The van der Waals surface area contributed by atoms with Crippen molar-refractivity contribution in [2.75, 3.05) is 6.54 Å². The van der Waals surface area contributed by atoms with Gasteiger partial charge in [-0.05, 0) is 37.1 Å². The van der Waals surface area contributed by atoms with E-state index in [1.807, 2.05) is 18.2 Å². The number of oxazole rings is 1. The van der Waals surface area contributed by atoms with E-state index >= 15 is 0 Å². The van der Waals surface area contributed by atoms with Crippen molar-refractivity contribution < 1.29 is 12.8 Å². The molecule has 0 saturated carbocycles. The maximum atomic E-state index is 12.3. The fraction of sp³-hybridized carbons (Fsp3) is 0.250. The first-order valence-corrected chi connectivity index (χ1v) is 8.95. The van der Waals surface area contributed by atoms with Crippen LogP contribution < -0.4 is 10.5 Å². The quantitative estimate of drug-likeness (QED) is 0.681. The zero-order valence-electron chi connectivity index (χ0n) is 13.1. The van der Waals surface area contributed by atoms with Crippen LogP contribution in [0.4, 0.5) is 0 Å². The normalized spacial score (nSPS) is 11.9. The summed E-state index contributed by atoms with van der Waals surface area (Å²) in [5, 5.41) is 0. The molecule has 0 bridgehead atoms. The molecule has 0 amide bonds. The van der Waals surface area contributed by atoms with Gasteiger partial charge in [0.1, 0.15) is 0 Å². The molecule has 7 nitrogen and oxygen atoms in total. The summed E-state index contributed by atoms with van der Waals surface area (Å²) >= 11 is 0. The summed E-state index contributed by atoms with van der Waals surface area (Å²) in [7, 11) is -2.08. The van der Waals surface area contributed by atoms with Gasteiger partial charge >= 0.3 is 5.76 Å². The molecule has 1 aromatic carbocycles. The SMILES string of the molecule is Cn1c(=O)oc2cc(S(=O)(=O)NCCCc3ccccn3)ccc21. The van der Waals surface area contributed by atoms with Gasteiger partial charge in [-0.1, -0.05) is 6.07 Å². The molecule has 0 aliphatic heterocycles. The van der Waals surface area contributed by atoms with Crippen LogP contribution in [0.25, 0.3) is 11.1 Å². The van der Waals surface area contributed by atoms with Crippen LogP contribution in [0.1, 0.15) is 12.1 Å². The number of hydrogen-bond acceptors (Lipinski definition) is 5. The van der Waals surface area contributed by atoms with E-state index in [0.717, 1.165) is 5.69 Å². The van der Waals surface area contributed by atoms with Crippen LogP contribution in [0, 0.1) is 0 Å². The Morgan fingerprint density at radius 3 is 2.83 bits per heavy atom. The number of nitrogens with one attached hydrogen (secondary N) is 1. The Bertz CT molecular complexity index is 1010. The van der Waals surface area contributed by atoms with Gasteiger partial charge in [-0.25, -0.2) is 17.9 Å². The lowest BCUT2D eigenvalue weighted by Gasteiger charge is -2.06. The van der Waals surface area contributed by atoms with E-state index in [2.05, 4.69) is 9.71 Å². The summed E-state index contributed by atoms with van der Waals surface area (Å²) in [6.45, 7) is 0.301. The van der Waals surface area contributed by atoms with E-state index in [-0.39, 0.29) is 10.5 Å². The van der Waals surface area contributed by atoms with Gasteiger partial charge in [-0.2, -0.15) is 0 Å². The Kier molecular flexibility index (Phi) is 4.50. The molecule has 8 heteroatoms. The minimum atomic E-state index is -3.65. The molecule has 1 N–H and O–H groups in total. The number of benzene rings is 1. The number of pyridine rings is 1. The zero-order chi connectivity index (χ0) is 17.2. The third kappa shape index (κ3) is 3.39. The number of nitrogens with zero attached hydrogens (tertiary/aromatic N) is 2. The predicted molar refractivity (Wildman–Crippen MR) is 89.2 cm³/mol. The van der Waals surface area contributed by atoms with Gasteiger partial charge in [-0.3, -0.25) is 9.55 Å². The van der Waals surface area contributed by atoms with Crippen LogP contribution in [-0.4, -0.2) is 24.5 Å². The van der Waals surface area contributed by atoms with E-state index in [1.165, 1.54) is 16.7 Å². The molecule has 0 fully saturated rings. The molecule has 3 rings (SSSR count). The highest BCUT2D eigenvalue weighted by Crippen LogP contribution is 2.17. The predicted octanol–water partition coefficient (Wildman–Crippen LogP) is 1.44. The molecule has 0 radical (unpaired) electrons. The number of aryl methyl sites for hydroxylation is 2. The molecule has 0 atom stereocenters. The molecular weight excluding hydrogens is 330 g/mol. The van der Waals surface area contributed by atoms with Crippen molar-refractivity contribution >= 4 is 21.1 Å². The third-order valence-corrected chi connectivity index (χ3v) is 5.16. The van der Waals surface area contributed by atoms with Gasteiger partial charge in [-0.15, -0.1) is 0 Å². The van der Waals surface area contributed by atoms with Gasteiger partial charge in [0.05, 0.1) is 10.4 Å². The van der Waals surface area contributed by atoms with E-state index in [1.54, 1.807) is 19.3 Å². The highest BCUT2D eigenvalue weighted by atomic mass is 32.2. The van der Waals surface area contributed by atoms with Crippen LogP contribution in [0.3, 0.4) is 0 Å². The van der Waals surface area contributed by atoms with Gasteiger partial charge in [0.25, 0.3) is 0 Å². The van der Waals surface area contributed by atoms with Crippen molar-refractivity contribution in [3.8, 4) is 0 Å². The number of aromatic nitrogens is 2. The lowest BCUT2D eigenvalue weighted by molar-refractivity contribution is 0.527. The molecule has 126 valence electrons. The molecule has 0 aliphatic rings. The average molecular weight is 347 g/mol. The molecule has 2 heterocycles. The topological polar surface area (TPSA) is 94.2 Å². The van der Waals surface area contributed by atoms with Gasteiger partial charge in [0.15, 0.2) is 5.58 Å². The second-order valence-electron chi connectivity index (χ2n) is 5.38. The second kappa shape index (κ2) is 6.58. The minimum Gasteiger partial charge on any atom is -0.408 e.